The summed E-state index contributed by atoms with van der Waals surface area (Å²) in [7, 11) is 0. The monoisotopic (exact) mass is 235 g/mol. The fourth-order valence-electron chi connectivity index (χ4n) is 2.02. The van der Waals surface area contributed by atoms with Crippen LogP contribution in [0, 0.1) is 11.8 Å². The Bertz CT molecular complexity index is 316. The van der Waals surface area contributed by atoms with E-state index >= 15 is 0 Å². The van der Waals surface area contributed by atoms with Crippen molar-refractivity contribution >= 4 is 11.8 Å². The van der Waals surface area contributed by atoms with Gasteiger partial charge in [-0.15, -0.1) is 11.8 Å². The Morgan fingerprint density at radius 3 is 2.56 bits per heavy atom. The number of hydrogen-bond acceptors (Lipinski definition) is 2. The lowest BCUT2D eigenvalue weighted by atomic mass is 10.1. The van der Waals surface area contributed by atoms with Gasteiger partial charge in [-0.05, 0) is 55.2 Å². The topological polar surface area (TPSA) is 12.0 Å². The zero-order valence-electron chi connectivity index (χ0n) is 10.2. The van der Waals surface area contributed by atoms with E-state index in [1.165, 1.54) is 23.3 Å². The van der Waals surface area contributed by atoms with Crippen LogP contribution in [0.1, 0.15) is 25.3 Å². The zero-order valence-corrected chi connectivity index (χ0v) is 11.0. The number of thioether (sulfide) groups is 1. The molecular weight excluding hydrogens is 214 g/mol. The molecule has 0 amide bonds. The van der Waals surface area contributed by atoms with Gasteiger partial charge in [0.1, 0.15) is 0 Å². The number of benzene rings is 1. The molecule has 1 aromatic rings. The summed E-state index contributed by atoms with van der Waals surface area (Å²) in [6.45, 7) is 4.53. The molecule has 1 aliphatic rings. The molecule has 0 bridgehead atoms. The molecule has 0 aromatic heterocycles. The summed E-state index contributed by atoms with van der Waals surface area (Å²) < 4.78 is 0. The Morgan fingerprint density at radius 1 is 1.31 bits per heavy atom. The lowest BCUT2D eigenvalue weighted by molar-refractivity contribution is 0.461. The molecule has 1 saturated carbocycles. The predicted octanol–water partition coefficient (Wildman–Crippen LogP) is 3.54. The highest BCUT2D eigenvalue weighted by Crippen LogP contribution is 2.36. The van der Waals surface area contributed by atoms with Crippen LogP contribution in [0.3, 0.4) is 0 Å². The Hall–Kier alpha value is -0.470. The van der Waals surface area contributed by atoms with E-state index in [2.05, 4.69) is 42.8 Å². The lowest BCUT2D eigenvalue weighted by Gasteiger charge is -2.11. The van der Waals surface area contributed by atoms with Crippen LogP contribution in [0.25, 0.3) is 0 Å². The zero-order chi connectivity index (χ0) is 11.4. The standard InChI is InChI=1S/C14H21NS/c1-11(13-5-6-13)9-15-10-12-3-7-14(16-2)8-4-12/h3-4,7-8,11,13,15H,5-6,9-10H2,1-2H3. The smallest absolute Gasteiger partial charge is 0.0205 e. The van der Waals surface area contributed by atoms with Crippen molar-refractivity contribution in [2.24, 2.45) is 11.8 Å². The molecule has 88 valence electrons. The second kappa shape index (κ2) is 5.74. The van der Waals surface area contributed by atoms with E-state index in [0.717, 1.165) is 24.9 Å². The van der Waals surface area contributed by atoms with Crippen LogP contribution in [-0.2, 0) is 6.54 Å². The first-order valence-electron chi connectivity index (χ1n) is 6.13. The van der Waals surface area contributed by atoms with Crippen molar-refractivity contribution in [1.82, 2.24) is 5.32 Å². The third-order valence-corrected chi connectivity index (χ3v) is 4.12. The molecule has 1 nitrogen and oxygen atoms in total. The Kier molecular flexibility index (Phi) is 4.30. The summed E-state index contributed by atoms with van der Waals surface area (Å²) in [5, 5.41) is 3.55. The molecule has 0 radical (unpaired) electrons. The van der Waals surface area contributed by atoms with E-state index in [9.17, 15) is 0 Å². The molecule has 2 rings (SSSR count). The van der Waals surface area contributed by atoms with Crippen LogP contribution in [0.2, 0.25) is 0 Å². The summed E-state index contributed by atoms with van der Waals surface area (Å²) >= 11 is 1.80. The van der Waals surface area contributed by atoms with Crippen molar-refractivity contribution in [3.8, 4) is 0 Å². The van der Waals surface area contributed by atoms with Gasteiger partial charge in [-0.25, -0.2) is 0 Å². The minimum Gasteiger partial charge on any atom is -0.312 e. The van der Waals surface area contributed by atoms with Gasteiger partial charge in [0.25, 0.3) is 0 Å². The van der Waals surface area contributed by atoms with E-state index in [4.69, 9.17) is 0 Å². The third-order valence-electron chi connectivity index (χ3n) is 3.38. The second-order valence-corrected chi connectivity index (χ2v) is 5.67. The maximum absolute atomic E-state index is 3.55. The molecule has 1 aliphatic carbocycles. The van der Waals surface area contributed by atoms with Gasteiger partial charge in [0, 0.05) is 11.4 Å². The minimum absolute atomic E-state index is 0.852. The molecule has 1 N–H and O–H groups in total. The minimum atomic E-state index is 0.852. The Balaban J connectivity index is 1.71. The van der Waals surface area contributed by atoms with Gasteiger partial charge < -0.3 is 5.32 Å². The lowest BCUT2D eigenvalue weighted by Crippen LogP contribution is -2.21. The summed E-state index contributed by atoms with van der Waals surface area (Å²) in [6.07, 6.45) is 5.01. The van der Waals surface area contributed by atoms with Gasteiger partial charge in [0.15, 0.2) is 0 Å². The van der Waals surface area contributed by atoms with E-state index in [1.54, 1.807) is 11.8 Å². The van der Waals surface area contributed by atoms with E-state index in [-0.39, 0.29) is 0 Å². The molecule has 1 aromatic carbocycles. The fraction of sp³-hybridized carbons (Fsp3) is 0.571. The van der Waals surface area contributed by atoms with Gasteiger partial charge in [0.2, 0.25) is 0 Å². The summed E-state index contributed by atoms with van der Waals surface area (Å²) in [6, 6.07) is 8.85. The first-order valence-corrected chi connectivity index (χ1v) is 7.35. The van der Waals surface area contributed by atoms with E-state index in [1.807, 2.05) is 0 Å². The van der Waals surface area contributed by atoms with Gasteiger partial charge >= 0.3 is 0 Å². The van der Waals surface area contributed by atoms with Crippen molar-refractivity contribution in [2.45, 2.75) is 31.2 Å². The molecule has 16 heavy (non-hydrogen) atoms. The highest BCUT2D eigenvalue weighted by molar-refractivity contribution is 7.98. The molecule has 1 fully saturated rings. The van der Waals surface area contributed by atoms with Crippen LogP contribution in [0.5, 0.6) is 0 Å². The molecule has 0 heterocycles. The maximum atomic E-state index is 3.55. The van der Waals surface area contributed by atoms with Gasteiger partial charge in [-0.3, -0.25) is 0 Å². The predicted molar refractivity (Wildman–Crippen MR) is 71.8 cm³/mol. The van der Waals surface area contributed by atoms with Crippen LogP contribution >= 0.6 is 11.8 Å². The molecule has 0 aliphatic heterocycles. The van der Waals surface area contributed by atoms with E-state index in [0.29, 0.717) is 0 Å². The number of nitrogens with one attached hydrogen (secondary N) is 1. The first-order chi connectivity index (χ1) is 7.79. The fourth-order valence-corrected chi connectivity index (χ4v) is 2.43. The van der Waals surface area contributed by atoms with Crippen LogP contribution in [0.4, 0.5) is 0 Å². The van der Waals surface area contributed by atoms with Crippen LogP contribution in [0.15, 0.2) is 29.2 Å². The molecule has 2 heteroatoms. The second-order valence-electron chi connectivity index (χ2n) is 4.79. The van der Waals surface area contributed by atoms with Crippen molar-refractivity contribution in [3.05, 3.63) is 29.8 Å². The summed E-state index contributed by atoms with van der Waals surface area (Å²) in [5.41, 5.74) is 1.39. The van der Waals surface area contributed by atoms with Crippen LogP contribution in [-0.4, -0.2) is 12.8 Å². The quantitative estimate of drug-likeness (QED) is 0.757. The highest BCUT2D eigenvalue weighted by atomic mass is 32.2. The Morgan fingerprint density at radius 2 is 2.00 bits per heavy atom. The largest absolute Gasteiger partial charge is 0.312 e. The van der Waals surface area contributed by atoms with Crippen molar-refractivity contribution in [3.63, 3.8) is 0 Å². The number of rotatable bonds is 6. The average molecular weight is 235 g/mol. The van der Waals surface area contributed by atoms with Gasteiger partial charge in [0.05, 0.1) is 0 Å². The maximum Gasteiger partial charge on any atom is 0.0205 e. The van der Waals surface area contributed by atoms with E-state index < -0.39 is 0 Å². The van der Waals surface area contributed by atoms with Crippen molar-refractivity contribution in [1.29, 1.82) is 0 Å². The number of hydrogen-bond donors (Lipinski definition) is 1. The highest BCUT2D eigenvalue weighted by Gasteiger charge is 2.27. The van der Waals surface area contributed by atoms with Gasteiger partial charge in [-0.2, -0.15) is 0 Å². The molecule has 0 saturated heterocycles. The molecule has 1 atom stereocenters. The van der Waals surface area contributed by atoms with Crippen LogP contribution < -0.4 is 5.32 Å². The Labute approximate surface area is 103 Å². The molecule has 0 spiro atoms. The molecular formula is C14H21NS. The first kappa shape index (κ1) is 12.0. The summed E-state index contributed by atoms with van der Waals surface area (Å²) in [5.74, 6) is 1.86. The average Bonchev–Trinajstić information content (AvgIpc) is 3.14. The van der Waals surface area contributed by atoms with Crippen molar-refractivity contribution in [2.75, 3.05) is 12.8 Å². The normalized spacial score (nSPS) is 17.4. The SMILES string of the molecule is CSc1ccc(CNCC(C)C2CC2)cc1. The summed E-state index contributed by atoms with van der Waals surface area (Å²) in [4.78, 5) is 1.34. The molecule has 1 unspecified atom stereocenters. The van der Waals surface area contributed by atoms with Gasteiger partial charge in [-0.1, -0.05) is 19.1 Å². The van der Waals surface area contributed by atoms with Crippen molar-refractivity contribution < 1.29 is 0 Å². The third kappa shape index (κ3) is 3.53.